The summed E-state index contributed by atoms with van der Waals surface area (Å²) in [5.41, 5.74) is 1.58. The van der Waals surface area contributed by atoms with E-state index in [0.29, 0.717) is 16.5 Å². The number of carbonyl (C=O) groups is 1. The van der Waals surface area contributed by atoms with Crippen molar-refractivity contribution < 1.29 is 14.3 Å². The lowest BCUT2D eigenvalue weighted by Crippen LogP contribution is -2.04. The third kappa shape index (κ3) is 2.70. The predicted molar refractivity (Wildman–Crippen MR) is 66.7 cm³/mol. The molecule has 0 spiro atoms. The molecule has 0 saturated heterocycles. The number of oxazole rings is 1. The summed E-state index contributed by atoms with van der Waals surface area (Å²) in [6.07, 6.45) is 1.47. The highest BCUT2D eigenvalue weighted by atomic mass is 32.2. The molecule has 0 fully saturated rings. The Hall–Kier alpha value is -1.82. The molecule has 1 N–H and O–H groups in total. The maximum absolute atomic E-state index is 11.0. The summed E-state index contributed by atoms with van der Waals surface area (Å²) in [4.78, 5) is 19.1. The van der Waals surface area contributed by atoms with Crippen LogP contribution in [0.25, 0.3) is 0 Å². The van der Waals surface area contributed by atoms with Crippen LogP contribution >= 0.6 is 11.8 Å². The zero-order valence-electron chi connectivity index (χ0n) is 10.0. The molecule has 0 aromatic carbocycles. The van der Waals surface area contributed by atoms with Crippen molar-refractivity contribution in [2.45, 2.75) is 24.8 Å². The molecule has 2 heterocycles. The van der Waals surface area contributed by atoms with Gasteiger partial charge in [-0.15, -0.1) is 0 Å². The zero-order valence-corrected chi connectivity index (χ0v) is 10.8. The van der Waals surface area contributed by atoms with Crippen molar-refractivity contribution in [3.63, 3.8) is 0 Å². The van der Waals surface area contributed by atoms with Gasteiger partial charge in [-0.1, -0.05) is 17.8 Å². The van der Waals surface area contributed by atoms with Gasteiger partial charge in [-0.25, -0.2) is 14.8 Å². The first-order chi connectivity index (χ1) is 8.58. The molecule has 5 nitrogen and oxygen atoms in total. The predicted octanol–water partition coefficient (Wildman–Crippen LogP) is 2.68. The van der Waals surface area contributed by atoms with Crippen LogP contribution in [0.1, 0.15) is 27.5 Å². The van der Waals surface area contributed by atoms with Gasteiger partial charge in [0.1, 0.15) is 5.76 Å². The number of rotatable bonds is 4. The third-order valence-electron chi connectivity index (χ3n) is 2.45. The smallest absolute Gasteiger partial charge is 0.354 e. The number of hydrogen-bond donors (Lipinski definition) is 1. The number of nitrogens with zero attached hydrogens (tertiary/aromatic N) is 2. The molecule has 0 bridgehead atoms. The van der Waals surface area contributed by atoms with Crippen LogP contribution in [0, 0.1) is 13.8 Å². The second-order valence-electron chi connectivity index (χ2n) is 3.73. The maximum atomic E-state index is 11.0. The summed E-state index contributed by atoms with van der Waals surface area (Å²) in [5, 5.41) is 9.55. The van der Waals surface area contributed by atoms with E-state index in [2.05, 4.69) is 9.97 Å². The highest BCUT2D eigenvalue weighted by Gasteiger charge is 2.13. The van der Waals surface area contributed by atoms with Gasteiger partial charge in [-0.3, -0.25) is 0 Å². The van der Waals surface area contributed by atoms with Gasteiger partial charge in [0.05, 0.1) is 5.69 Å². The van der Waals surface area contributed by atoms with Crippen molar-refractivity contribution in [3.8, 4) is 0 Å². The van der Waals surface area contributed by atoms with Crippen molar-refractivity contribution in [1.82, 2.24) is 9.97 Å². The van der Waals surface area contributed by atoms with Gasteiger partial charge in [0, 0.05) is 11.9 Å². The van der Waals surface area contributed by atoms with Crippen molar-refractivity contribution in [2.75, 3.05) is 0 Å². The van der Waals surface area contributed by atoms with Gasteiger partial charge in [-0.2, -0.15) is 0 Å². The Labute approximate surface area is 108 Å². The van der Waals surface area contributed by atoms with Crippen molar-refractivity contribution >= 4 is 17.7 Å². The van der Waals surface area contributed by atoms with Gasteiger partial charge >= 0.3 is 5.97 Å². The van der Waals surface area contributed by atoms with E-state index in [1.807, 2.05) is 13.8 Å². The lowest BCUT2D eigenvalue weighted by molar-refractivity contribution is 0.0689. The quantitative estimate of drug-likeness (QED) is 0.855. The van der Waals surface area contributed by atoms with E-state index in [9.17, 15) is 4.79 Å². The summed E-state index contributed by atoms with van der Waals surface area (Å²) < 4.78 is 5.42. The Morgan fingerprint density at radius 3 is 2.89 bits per heavy atom. The number of pyridine rings is 1. The van der Waals surface area contributed by atoms with Gasteiger partial charge in [0.15, 0.2) is 5.69 Å². The second-order valence-corrected chi connectivity index (χ2v) is 4.65. The van der Waals surface area contributed by atoms with E-state index in [1.165, 1.54) is 18.0 Å². The van der Waals surface area contributed by atoms with Crippen LogP contribution in [0.4, 0.5) is 0 Å². The van der Waals surface area contributed by atoms with Crippen LogP contribution in [-0.4, -0.2) is 21.0 Å². The van der Waals surface area contributed by atoms with E-state index in [-0.39, 0.29) is 5.69 Å². The van der Waals surface area contributed by atoms with Crippen LogP contribution in [0.2, 0.25) is 0 Å². The van der Waals surface area contributed by atoms with Gasteiger partial charge in [0.25, 0.3) is 5.22 Å². The summed E-state index contributed by atoms with van der Waals surface area (Å²) in [7, 11) is 0. The number of thioether (sulfide) groups is 1. The molecule has 6 heteroatoms. The van der Waals surface area contributed by atoms with Crippen LogP contribution in [0.3, 0.4) is 0 Å². The molecule has 0 saturated carbocycles. The number of aromatic carboxylic acids is 1. The largest absolute Gasteiger partial charge is 0.477 e. The fourth-order valence-electron chi connectivity index (χ4n) is 1.39. The average molecular weight is 264 g/mol. The molecular weight excluding hydrogens is 252 g/mol. The molecule has 0 aliphatic carbocycles. The van der Waals surface area contributed by atoms with Crippen LogP contribution in [-0.2, 0) is 5.75 Å². The van der Waals surface area contributed by atoms with E-state index < -0.39 is 5.97 Å². The molecule has 2 rings (SSSR count). The summed E-state index contributed by atoms with van der Waals surface area (Å²) in [6.45, 7) is 3.72. The highest BCUT2D eigenvalue weighted by molar-refractivity contribution is 7.98. The fourth-order valence-corrected chi connectivity index (χ4v) is 2.29. The monoisotopic (exact) mass is 264 g/mol. The molecule has 0 radical (unpaired) electrons. The highest BCUT2D eigenvalue weighted by Crippen LogP contribution is 2.24. The molecule has 0 aliphatic heterocycles. The summed E-state index contributed by atoms with van der Waals surface area (Å²) in [6, 6.07) is 3.46. The number of aromatic nitrogens is 2. The van der Waals surface area contributed by atoms with E-state index in [0.717, 1.165) is 11.5 Å². The first kappa shape index (κ1) is 12.6. The van der Waals surface area contributed by atoms with Crippen LogP contribution in [0.15, 0.2) is 28.0 Å². The minimum Gasteiger partial charge on any atom is -0.477 e. The average Bonchev–Trinajstić information content (AvgIpc) is 2.66. The molecule has 18 heavy (non-hydrogen) atoms. The molecule has 0 atom stereocenters. The molecule has 2 aromatic rings. The lowest BCUT2D eigenvalue weighted by atomic mass is 10.2. The maximum Gasteiger partial charge on any atom is 0.354 e. The zero-order chi connectivity index (χ0) is 13.1. The fraction of sp³-hybridized carbons (Fsp3) is 0.250. The SMILES string of the molecule is Cc1nc(SCc2cccnc2C(=O)O)oc1C. The topological polar surface area (TPSA) is 76.2 Å². The van der Waals surface area contributed by atoms with Gasteiger partial charge < -0.3 is 9.52 Å². The van der Waals surface area contributed by atoms with E-state index in [4.69, 9.17) is 9.52 Å². The molecular formula is C12H12N2O3S. The first-order valence-corrected chi connectivity index (χ1v) is 6.30. The molecule has 0 unspecified atom stereocenters. The number of carboxylic acid groups (broad SMARTS) is 1. The summed E-state index contributed by atoms with van der Waals surface area (Å²) in [5.74, 6) is 0.225. The Morgan fingerprint density at radius 1 is 1.50 bits per heavy atom. The molecule has 2 aromatic heterocycles. The Kier molecular flexibility index (Phi) is 3.66. The summed E-state index contributed by atoms with van der Waals surface area (Å²) >= 11 is 1.36. The standard InChI is InChI=1S/C12H12N2O3S/c1-7-8(2)17-12(14-7)18-6-9-4-3-5-13-10(9)11(15)16/h3-5H,6H2,1-2H3,(H,15,16). The number of carboxylic acids is 1. The lowest BCUT2D eigenvalue weighted by Gasteiger charge is -2.02. The van der Waals surface area contributed by atoms with Crippen LogP contribution < -0.4 is 0 Å². The van der Waals surface area contributed by atoms with E-state index in [1.54, 1.807) is 12.1 Å². The molecule has 0 aliphatic rings. The van der Waals surface area contributed by atoms with Gasteiger partial charge in [-0.05, 0) is 25.5 Å². The normalized spacial score (nSPS) is 10.6. The van der Waals surface area contributed by atoms with Gasteiger partial charge in [0.2, 0.25) is 0 Å². The van der Waals surface area contributed by atoms with Crippen molar-refractivity contribution in [2.24, 2.45) is 0 Å². The first-order valence-electron chi connectivity index (χ1n) is 5.32. The Bertz CT molecular complexity index is 561. The molecule has 0 amide bonds. The minimum absolute atomic E-state index is 0.0741. The second kappa shape index (κ2) is 5.22. The Morgan fingerprint density at radius 2 is 2.28 bits per heavy atom. The number of aryl methyl sites for hydroxylation is 2. The van der Waals surface area contributed by atoms with Crippen molar-refractivity contribution in [3.05, 3.63) is 41.0 Å². The van der Waals surface area contributed by atoms with Crippen LogP contribution in [0.5, 0.6) is 0 Å². The number of hydrogen-bond acceptors (Lipinski definition) is 5. The third-order valence-corrected chi connectivity index (χ3v) is 3.33. The van der Waals surface area contributed by atoms with E-state index >= 15 is 0 Å². The van der Waals surface area contributed by atoms with Crippen molar-refractivity contribution in [1.29, 1.82) is 0 Å². The minimum atomic E-state index is -1.02. The molecule has 94 valence electrons. The Balaban J connectivity index is 2.13.